The molecule has 0 amide bonds. The molecule has 0 aliphatic carbocycles. The zero-order valence-electron chi connectivity index (χ0n) is 7.53. The van der Waals surface area contributed by atoms with E-state index in [-0.39, 0.29) is 0 Å². The molecule has 0 N–H and O–H groups in total. The normalized spacial score (nSPS) is 11.8. The smallest absolute Gasteiger partial charge is 0.250 e. The minimum atomic E-state index is -4.40. The summed E-state index contributed by atoms with van der Waals surface area (Å²) in [6, 6.07) is 1.01. The summed E-state index contributed by atoms with van der Waals surface area (Å²) in [5, 5.41) is 0.292. The van der Waals surface area contributed by atoms with Gasteiger partial charge in [0.25, 0.3) is 0 Å². The zero-order valence-corrected chi connectivity index (χ0v) is 8.28. The van der Waals surface area contributed by atoms with Crippen molar-refractivity contribution in [3.05, 3.63) is 28.5 Å². The van der Waals surface area contributed by atoms with Crippen molar-refractivity contribution in [2.24, 2.45) is 0 Å². The van der Waals surface area contributed by atoms with Crippen LogP contribution in [0.1, 0.15) is 24.6 Å². The molecule has 1 aromatic heterocycles. The van der Waals surface area contributed by atoms with Crippen LogP contribution in [0.3, 0.4) is 0 Å². The maximum Gasteiger partial charge on any atom is 0.433 e. The highest BCUT2D eigenvalue weighted by Gasteiger charge is 2.32. The molecule has 1 rings (SSSR count). The van der Waals surface area contributed by atoms with Crippen LogP contribution in [0.4, 0.5) is 13.2 Å². The Labute approximate surface area is 84.9 Å². The van der Waals surface area contributed by atoms with Crippen LogP contribution in [-0.2, 0) is 12.6 Å². The van der Waals surface area contributed by atoms with E-state index in [1.807, 2.05) is 6.92 Å². The van der Waals surface area contributed by atoms with Gasteiger partial charge in [-0.05, 0) is 18.1 Å². The molecule has 0 aliphatic heterocycles. The molecule has 0 fully saturated rings. The first kappa shape index (κ1) is 11.3. The molecule has 0 aliphatic rings. The summed E-state index contributed by atoms with van der Waals surface area (Å²) in [5.74, 6) is 0. The van der Waals surface area contributed by atoms with Crippen LogP contribution in [0.5, 0.6) is 0 Å². The predicted octanol–water partition coefficient (Wildman–Crippen LogP) is 3.71. The largest absolute Gasteiger partial charge is 0.433 e. The first-order chi connectivity index (χ1) is 6.45. The van der Waals surface area contributed by atoms with Gasteiger partial charge in [0.1, 0.15) is 5.69 Å². The van der Waals surface area contributed by atoms with Crippen LogP contribution in [0.25, 0.3) is 0 Å². The van der Waals surface area contributed by atoms with E-state index in [2.05, 4.69) is 4.98 Å². The van der Waals surface area contributed by atoms with Crippen molar-refractivity contribution in [1.82, 2.24) is 4.98 Å². The number of halogens is 4. The summed E-state index contributed by atoms with van der Waals surface area (Å²) in [6.07, 6.45) is -2.06. The average Bonchev–Trinajstić information content (AvgIpc) is 2.07. The third-order valence-corrected chi connectivity index (χ3v) is 2.08. The van der Waals surface area contributed by atoms with Gasteiger partial charge >= 0.3 is 6.18 Å². The number of rotatable bonds is 2. The van der Waals surface area contributed by atoms with Crippen molar-refractivity contribution < 1.29 is 13.2 Å². The van der Waals surface area contributed by atoms with E-state index < -0.39 is 11.9 Å². The lowest BCUT2D eigenvalue weighted by Crippen LogP contribution is -2.08. The zero-order chi connectivity index (χ0) is 10.8. The molecule has 14 heavy (non-hydrogen) atoms. The predicted molar refractivity (Wildman–Crippen MR) is 48.2 cm³/mol. The van der Waals surface area contributed by atoms with Gasteiger partial charge in [0, 0.05) is 6.20 Å². The molecular weight excluding hydrogens is 215 g/mol. The highest BCUT2D eigenvalue weighted by molar-refractivity contribution is 6.31. The lowest BCUT2D eigenvalue weighted by atomic mass is 10.1. The van der Waals surface area contributed by atoms with Crippen molar-refractivity contribution in [2.45, 2.75) is 25.9 Å². The van der Waals surface area contributed by atoms with E-state index in [0.29, 0.717) is 17.0 Å². The lowest BCUT2D eigenvalue weighted by molar-refractivity contribution is -0.141. The Kier molecular flexibility index (Phi) is 3.37. The fraction of sp³-hybridized carbons (Fsp3) is 0.444. The highest BCUT2D eigenvalue weighted by Crippen LogP contribution is 2.30. The van der Waals surface area contributed by atoms with Crippen LogP contribution in [-0.4, -0.2) is 4.98 Å². The van der Waals surface area contributed by atoms with E-state index in [9.17, 15) is 13.2 Å². The summed E-state index contributed by atoms with van der Waals surface area (Å²) < 4.78 is 36.7. The summed E-state index contributed by atoms with van der Waals surface area (Å²) >= 11 is 5.70. The first-order valence-corrected chi connectivity index (χ1v) is 4.54. The first-order valence-electron chi connectivity index (χ1n) is 4.16. The van der Waals surface area contributed by atoms with Gasteiger partial charge in [0.15, 0.2) is 0 Å². The number of hydrogen-bond donors (Lipinski definition) is 0. The third-order valence-electron chi connectivity index (χ3n) is 1.74. The molecule has 0 aromatic carbocycles. The minimum Gasteiger partial charge on any atom is -0.250 e. The number of aromatic nitrogens is 1. The Hall–Kier alpha value is -0.770. The maximum atomic E-state index is 12.2. The van der Waals surface area contributed by atoms with Crippen molar-refractivity contribution in [1.29, 1.82) is 0 Å². The van der Waals surface area contributed by atoms with Crippen molar-refractivity contribution >= 4 is 11.6 Å². The van der Waals surface area contributed by atoms with Gasteiger partial charge in [-0.15, -0.1) is 0 Å². The number of aryl methyl sites for hydroxylation is 1. The van der Waals surface area contributed by atoms with Gasteiger partial charge in [-0.25, -0.2) is 0 Å². The topological polar surface area (TPSA) is 12.9 Å². The standard InChI is InChI=1S/C9H9ClF3N/c1-2-3-6-4-8(9(11,12)13)14-5-7(6)10/h4-5H,2-3H2,1H3. The van der Waals surface area contributed by atoms with Gasteiger partial charge in [0.05, 0.1) is 5.02 Å². The van der Waals surface area contributed by atoms with Crippen LogP contribution in [0, 0.1) is 0 Å². The van der Waals surface area contributed by atoms with Gasteiger partial charge in [-0.1, -0.05) is 24.9 Å². The monoisotopic (exact) mass is 223 g/mol. The number of hydrogen-bond acceptors (Lipinski definition) is 1. The molecule has 78 valence electrons. The van der Waals surface area contributed by atoms with E-state index in [0.717, 1.165) is 18.7 Å². The summed E-state index contributed by atoms with van der Waals surface area (Å²) in [6.45, 7) is 1.88. The Balaban J connectivity index is 3.06. The second kappa shape index (κ2) is 4.17. The molecule has 1 heterocycles. The molecule has 0 radical (unpaired) electrons. The van der Waals surface area contributed by atoms with Gasteiger partial charge in [-0.2, -0.15) is 13.2 Å². The van der Waals surface area contributed by atoms with Crippen LogP contribution in [0.2, 0.25) is 5.02 Å². The molecule has 0 saturated carbocycles. The molecule has 0 bridgehead atoms. The van der Waals surface area contributed by atoms with Gasteiger partial charge in [-0.3, -0.25) is 4.98 Å². The Morgan fingerprint density at radius 2 is 2.07 bits per heavy atom. The second-order valence-electron chi connectivity index (χ2n) is 2.91. The Bertz CT molecular complexity index is 322. The Morgan fingerprint density at radius 1 is 1.43 bits per heavy atom. The second-order valence-corrected chi connectivity index (χ2v) is 3.32. The highest BCUT2D eigenvalue weighted by atomic mass is 35.5. The molecule has 0 spiro atoms. The van der Waals surface area contributed by atoms with Crippen LogP contribution >= 0.6 is 11.6 Å². The quantitative estimate of drug-likeness (QED) is 0.745. The molecule has 5 heteroatoms. The van der Waals surface area contributed by atoms with Crippen molar-refractivity contribution in [3.63, 3.8) is 0 Å². The summed E-state index contributed by atoms with van der Waals surface area (Å²) in [7, 11) is 0. The van der Waals surface area contributed by atoms with Crippen LogP contribution in [0.15, 0.2) is 12.3 Å². The van der Waals surface area contributed by atoms with E-state index in [1.165, 1.54) is 0 Å². The fourth-order valence-corrected chi connectivity index (χ4v) is 1.29. The molecule has 0 atom stereocenters. The summed E-state index contributed by atoms with van der Waals surface area (Å²) in [5.41, 5.74) is -0.387. The summed E-state index contributed by atoms with van der Waals surface area (Å²) in [4.78, 5) is 3.24. The van der Waals surface area contributed by atoms with Crippen LogP contribution < -0.4 is 0 Å². The van der Waals surface area contributed by atoms with Gasteiger partial charge in [0.2, 0.25) is 0 Å². The molecular formula is C9H9ClF3N. The molecule has 0 saturated heterocycles. The lowest BCUT2D eigenvalue weighted by Gasteiger charge is -2.08. The van der Waals surface area contributed by atoms with Crippen molar-refractivity contribution in [3.8, 4) is 0 Å². The molecule has 1 nitrogen and oxygen atoms in total. The number of pyridine rings is 1. The number of nitrogens with zero attached hydrogens (tertiary/aromatic N) is 1. The molecule has 1 aromatic rings. The van der Waals surface area contributed by atoms with Gasteiger partial charge < -0.3 is 0 Å². The fourth-order valence-electron chi connectivity index (χ4n) is 1.10. The number of alkyl halides is 3. The van der Waals surface area contributed by atoms with E-state index >= 15 is 0 Å². The maximum absolute atomic E-state index is 12.2. The molecule has 0 unspecified atom stereocenters. The van der Waals surface area contributed by atoms with E-state index in [1.54, 1.807) is 0 Å². The SMILES string of the molecule is CCCc1cc(C(F)(F)F)ncc1Cl. The third kappa shape index (κ3) is 2.61. The Morgan fingerprint density at radius 3 is 2.57 bits per heavy atom. The van der Waals surface area contributed by atoms with Crippen molar-refractivity contribution in [2.75, 3.05) is 0 Å². The average molecular weight is 224 g/mol. The van der Waals surface area contributed by atoms with E-state index in [4.69, 9.17) is 11.6 Å². The minimum absolute atomic E-state index is 0.292.